The van der Waals surface area contributed by atoms with Crippen molar-refractivity contribution in [2.75, 3.05) is 14.1 Å². The highest BCUT2D eigenvalue weighted by Gasteiger charge is 2.23. The van der Waals surface area contributed by atoms with E-state index in [1.807, 2.05) is 11.3 Å². The Hall–Kier alpha value is -1.12. The van der Waals surface area contributed by atoms with E-state index < -0.39 is 0 Å². The van der Waals surface area contributed by atoms with Crippen LogP contribution in [-0.4, -0.2) is 25.0 Å². The number of hydrogen-bond acceptors (Lipinski definition) is 2. The number of hydrogen-bond donors (Lipinski definition) is 0. The van der Waals surface area contributed by atoms with Crippen LogP contribution in [0.3, 0.4) is 0 Å². The maximum atomic E-state index is 2.42. The Balaban J connectivity index is 2.10. The summed E-state index contributed by atoms with van der Waals surface area (Å²) in [7, 11) is 4.36. The smallest absolute Gasteiger partial charge is 0.0349 e. The first kappa shape index (κ1) is 11.0. The van der Waals surface area contributed by atoms with E-state index in [9.17, 15) is 0 Å². The van der Waals surface area contributed by atoms with Crippen LogP contribution in [0.1, 0.15) is 18.4 Å². The molecule has 2 heteroatoms. The second-order valence-corrected chi connectivity index (χ2v) is 5.77. The predicted molar refractivity (Wildman–Crippen MR) is 76.5 cm³/mol. The zero-order valence-corrected chi connectivity index (χ0v) is 11.1. The summed E-state index contributed by atoms with van der Waals surface area (Å²) >= 11 is 1.86. The van der Waals surface area contributed by atoms with Crippen LogP contribution in [0.2, 0.25) is 0 Å². The minimum Gasteiger partial charge on any atom is -0.302 e. The van der Waals surface area contributed by atoms with E-state index in [1.165, 1.54) is 34.1 Å². The highest BCUT2D eigenvalue weighted by atomic mass is 32.1. The van der Waals surface area contributed by atoms with Gasteiger partial charge >= 0.3 is 0 Å². The molecule has 1 aliphatic rings. The lowest BCUT2D eigenvalue weighted by Crippen LogP contribution is -2.26. The van der Waals surface area contributed by atoms with E-state index in [0.29, 0.717) is 6.04 Å². The standard InChI is InChI=1S/C15H17NS/c1-16(2)14-8-5-7-11(14)13-10-17-15-9-4-3-6-12(13)15/h3-4,6-7,9-10,14H,5,8H2,1-2H3. The number of likely N-dealkylation sites (N-methyl/N-ethyl adjacent to an activating group) is 1. The minimum absolute atomic E-state index is 0.591. The number of rotatable bonds is 2. The molecule has 1 aliphatic carbocycles. The van der Waals surface area contributed by atoms with Crippen molar-refractivity contribution in [2.24, 2.45) is 0 Å². The zero-order chi connectivity index (χ0) is 11.8. The van der Waals surface area contributed by atoms with Gasteiger partial charge in [-0.05, 0) is 54.9 Å². The minimum atomic E-state index is 0.591. The van der Waals surface area contributed by atoms with Gasteiger partial charge in [0.25, 0.3) is 0 Å². The van der Waals surface area contributed by atoms with Crippen molar-refractivity contribution in [3.63, 3.8) is 0 Å². The predicted octanol–water partition coefficient (Wildman–Crippen LogP) is 4.01. The Bertz CT molecular complexity index is 565. The largest absolute Gasteiger partial charge is 0.302 e. The van der Waals surface area contributed by atoms with Crippen LogP contribution >= 0.6 is 11.3 Å². The fraction of sp³-hybridized carbons (Fsp3) is 0.333. The molecule has 17 heavy (non-hydrogen) atoms. The Morgan fingerprint density at radius 1 is 1.24 bits per heavy atom. The maximum absolute atomic E-state index is 2.42. The fourth-order valence-corrected chi connectivity index (χ4v) is 3.69. The van der Waals surface area contributed by atoms with E-state index in [-0.39, 0.29) is 0 Å². The molecule has 1 aromatic heterocycles. The summed E-state index contributed by atoms with van der Waals surface area (Å²) in [6, 6.07) is 9.30. The number of thiophene rings is 1. The summed E-state index contributed by atoms with van der Waals surface area (Å²) in [5.74, 6) is 0. The molecule has 0 N–H and O–H groups in total. The third-order valence-electron chi connectivity index (χ3n) is 3.58. The first-order valence-electron chi connectivity index (χ1n) is 6.10. The van der Waals surface area contributed by atoms with Crippen LogP contribution in [0.15, 0.2) is 35.7 Å². The summed E-state index contributed by atoms with van der Waals surface area (Å²) in [6.07, 6.45) is 4.88. The third kappa shape index (κ3) is 1.81. The summed E-state index contributed by atoms with van der Waals surface area (Å²) < 4.78 is 1.40. The van der Waals surface area contributed by atoms with Gasteiger partial charge in [-0.2, -0.15) is 0 Å². The Morgan fingerprint density at radius 2 is 2.06 bits per heavy atom. The molecule has 0 fully saturated rings. The Morgan fingerprint density at radius 3 is 2.88 bits per heavy atom. The average Bonchev–Trinajstić information content (AvgIpc) is 2.94. The van der Waals surface area contributed by atoms with Gasteiger partial charge in [0.2, 0.25) is 0 Å². The normalized spacial score (nSPS) is 20.2. The SMILES string of the molecule is CN(C)C1CCC=C1c1csc2ccccc12. The molecule has 1 atom stereocenters. The molecule has 0 bridgehead atoms. The van der Waals surface area contributed by atoms with Crippen molar-refractivity contribution < 1.29 is 0 Å². The van der Waals surface area contributed by atoms with Crippen LogP contribution in [0.25, 0.3) is 15.7 Å². The molecular formula is C15H17NS. The molecule has 0 saturated heterocycles. The number of nitrogens with zero attached hydrogens (tertiary/aromatic N) is 1. The maximum Gasteiger partial charge on any atom is 0.0349 e. The second-order valence-electron chi connectivity index (χ2n) is 4.86. The molecule has 0 spiro atoms. The van der Waals surface area contributed by atoms with E-state index >= 15 is 0 Å². The third-order valence-corrected chi connectivity index (χ3v) is 4.54. The Kier molecular flexibility index (Phi) is 2.77. The fourth-order valence-electron chi connectivity index (χ4n) is 2.72. The molecular weight excluding hydrogens is 226 g/mol. The first-order chi connectivity index (χ1) is 8.27. The molecule has 0 radical (unpaired) electrons. The molecule has 0 saturated carbocycles. The van der Waals surface area contributed by atoms with Gasteiger partial charge in [0.1, 0.15) is 0 Å². The van der Waals surface area contributed by atoms with Gasteiger partial charge in [-0.3, -0.25) is 0 Å². The molecule has 2 aromatic rings. The molecule has 1 heterocycles. The lowest BCUT2D eigenvalue weighted by Gasteiger charge is -2.22. The molecule has 0 aliphatic heterocycles. The quantitative estimate of drug-likeness (QED) is 0.770. The van der Waals surface area contributed by atoms with Crippen molar-refractivity contribution in [1.29, 1.82) is 0 Å². The lowest BCUT2D eigenvalue weighted by molar-refractivity contribution is 0.348. The van der Waals surface area contributed by atoms with Crippen molar-refractivity contribution in [3.05, 3.63) is 41.3 Å². The molecule has 0 amide bonds. The van der Waals surface area contributed by atoms with Crippen LogP contribution in [0.5, 0.6) is 0 Å². The monoisotopic (exact) mass is 243 g/mol. The zero-order valence-electron chi connectivity index (χ0n) is 10.3. The summed E-state index contributed by atoms with van der Waals surface area (Å²) in [5, 5.41) is 3.73. The van der Waals surface area contributed by atoms with Gasteiger partial charge in [-0.15, -0.1) is 11.3 Å². The van der Waals surface area contributed by atoms with E-state index in [4.69, 9.17) is 0 Å². The molecule has 1 unspecified atom stereocenters. The van der Waals surface area contributed by atoms with Gasteiger partial charge in [0.05, 0.1) is 0 Å². The van der Waals surface area contributed by atoms with Crippen molar-refractivity contribution in [2.45, 2.75) is 18.9 Å². The lowest BCUT2D eigenvalue weighted by atomic mass is 10.00. The number of allylic oxidation sites excluding steroid dienone is 1. The average molecular weight is 243 g/mol. The second kappa shape index (κ2) is 4.28. The van der Waals surface area contributed by atoms with E-state index in [2.05, 4.69) is 54.7 Å². The van der Waals surface area contributed by atoms with Crippen LogP contribution in [0, 0.1) is 0 Å². The van der Waals surface area contributed by atoms with Crippen LogP contribution < -0.4 is 0 Å². The number of benzene rings is 1. The summed E-state index contributed by atoms with van der Waals surface area (Å²) in [5.41, 5.74) is 2.97. The van der Waals surface area contributed by atoms with Gasteiger partial charge in [0, 0.05) is 10.7 Å². The molecule has 88 valence electrons. The first-order valence-corrected chi connectivity index (χ1v) is 6.98. The van der Waals surface area contributed by atoms with Gasteiger partial charge in [-0.1, -0.05) is 24.3 Å². The van der Waals surface area contributed by atoms with Gasteiger partial charge in [0.15, 0.2) is 0 Å². The summed E-state index contributed by atoms with van der Waals surface area (Å²) in [6.45, 7) is 0. The van der Waals surface area contributed by atoms with Crippen LogP contribution in [-0.2, 0) is 0 Å². The highest BCUT2D eigenvalue weighted by Crippen LogP contribution is 2.37. The van der Waals surface area contributed by atoms with Crippen molar-refractivity contribution in [3.8, 4) is 0 Å². The van der Waals surface area contributed by atoms with E-state index in [1.54, 1.807) is 0 Å². The topological polar surface area (TPSA) is 3.24 Å². The molecule has 3 rings (SSSR count). The molecule has 1 aromatic carbocycles. The van der Waals surface area contributed by atoms with Crippen LogP contribution in [0.4, 0.5) is 0 Å². The van der Waals surface area contributed by atoms with Crippen molar-refractivity contribution >= 4 is 27.0 Å². The Labute approximate surface area is 106 Å². The summed E-state index contributed by atoms with van der Waals surface area (Å²) in [4.78, 5) is 2.34. The van der Waals surface area contributed by atoms with Gasteiger partial charge < -0.3 is 4.90 Å². The van der Waals surface area contributed by atoms with Crippen molar-refractivity contribution in [1.82, 2.24) is 4.90 Å². The highest BCUT2D eigenvalue weighted by molar-refractivity contribution is 7.17. The number of fused-ring (bicyclic) bond motifs is 1. The van der Waals surface area contributed by atoms with Gasteiger partial charge in [-0.25, -0.2) is 0 Å². The van der Waals surface area contributed by atoms with E-state index in [0.717, 1.165) is 0 Å². The molecule has 1 nitrogen and oxygen atoms in total.